The van der Waals surface area contributed by atoms with E-state index in [1.54, 1.807) is 13.3 Å². The molecule has 2 rings (SSSR count). The van der Waals surface area contributed by atoms with Crippen LogP contribution in [0.5, 0.6) is 5.75 Å². The van der Waals surface area contributed by atoms with Gasteiger partial charge in [-0.1, -0.05) is 6.58 Å². The molecule has 1 aromatic carbocycles. The van der Waals surface area contributed by atoms with Crippen LogP contribution in [0, 0.1) is 0 Å². The van der Waals surface area contributed by atoms with Gasteiger partial charge in [0.1, 0.15) is 5.75 Å². The topological polar surface area (TPSA) is 34.0 Å². The Morgan fingerprint density at radius 2 is 1.93 bits per heavy atom. The van der Waals surface area contributed by atoms with Gasteiger partial charge < -0.3 is 4.74 Å². The quantitative estimate of drug-likeness (QED) is 0.695. The van der Waals surface area contributed by atoms with Gasteiger partial charge >= 0.3 is 0 Å². The number of amidine groups is 1. The van der Waals surface area contributed by atoms with E-state index in [0.717, 1.165) is 11.3 Å². The average molecular weight is 186 g/mol. The lowest BCUT2D eigenvalue weighted by molar-refractivity contribution is 0.415. The van der Waals surface area contributed by atoms with Gasteiger partial charge in [0.05, 0.1) is 19.0 Å². The summed E-state index contributed by atoms with van der Waals surface area (Å²) in [4.78, 5) is 8.30. The highest BCUT2D eigenvalue weighted by Crippen LogP contribution is 2.15. The molecule has 3 heteroatoms. The van der Waals surface area contributed by atoms with Gasteiger partial charge in [-0.15, -0.1) is 0 Å². The van der Waals surface area contributed by atoms with E-state index < -0.39 is 0 Å². The van der Waals surface area contributed by atoms with Crippen molar-refractivity contribution in [2.75, 3.05) is 7.11 Å². The van der Waals surface area contributed by atoms with Crippen LogP contribution in [0.4, 0.5) is 0 Å². The number of benzene rings is 1. The first kappa shape index (κ1) is 8.69. The van der Waals surface area contributed by atoms with Crippen LogP contribution in [0.1, 0.15) is 5.56 Å². The molecule has 0 atom stereocenters. The molecule has 3 nitrogen and oxygen atoms in total. The predicted octanol–water partition coefficient (Wildman–Crippen LogP) is 2.04. The van der Waals surface area contributed by atoms with Crippen LogP contribution in [-0.2, 0) is 0 Å². The second-order valence-electron chi connectivity index (χ2n) is 2.91. The Kier molecular flexibility index (Phi) is 2.14. The highest BCUT2D eigenvalue weighted by Gasteiger charge is 2.06. The van der Waals surface area contributed by atoms with Gasteiger partial charge in [-0.25, -0.2) is 9.98 Å². The molecule has 1 heterocycles. The third-order valence-electron chi connectivity index (χ3n) is 1.93. The summed E-state index contributed by atoms with van der Waals surface area (Å²) in [7, 11) is 1.64. The standard InChI is InChI=1S/C11H10N2O/c1-8-7-12-11(13-8)9-3-5-10(14-2)6-4-9/h3-7H,1H2,2H3. The smallest absolute Gasteiger partial charge is 0.159 e. The third-order valence-corrected chi connectivity index (χ3v) is 1.93. The summed E-state index contributed by atoms with van der Waals surface area (Å²) in [5.74, 6) is 1.54. The molecule has 1 aromatic rings. The minimum absolute atomic E-state index is 0.691. The molecular formula is C11H10N2O. The maximum absolute atomic E-state index is 5.06. The van der Waals surface area contributed by atoms with Crippen LogP contribution in [-0.4, -0.2) is 19.2 Å². The van der Waals surface area contributed by atoms with Crippen molar-refractivity contribution in [2.45, 2.75) is 0 Å². The Morgan fingerprint density at radius 3 is 2.43 bits per heavy atom. The number of allylic oxidation sites excluding steroid dienone is 1. The minimum Gasteiger partial charge on any atom is -0.497 e. The molecule has 0 fully saturated rings. The molecule has 70 valence electrons. The van der Waals surface area contributed by atoms with Crippen molar-refractivity contribution >= 4 is 12.1 Å². The number of ether oxygens (including phenoxy) is 1. The van der Waals surface area contributed by atoms with E-state index >= 15 is 0 Å². The number of methoxy groups -OCH3 is 1. The predicted molar refractivity (Wildman–Crippen MR) is 57.2 cm³/mol. The lowest BCUT2D eigenvalue weighted by Gasteiger charge is -2.00. The summed E-state index contributed by atoms with van der Waals surface area (Å²) in [6.07, 6.45) is 1.65. The molecule has 0 N–H and O–H groups in total. The molecular weight excluding hydrogens is 176 g/mol. The maximum Gasteiger partial charge on any atom is 0.159 e. The van der Waals surface area contributed by atoms with Gasteiger partial charge in [0, 0.05) is 5.56 Å². The molecule has 0 radical (unpaired) electrons. The molecule has 0 unspecified atom stereocenters. The van der Waals surface area contributed by atoms with E-state index in [0.29, 0.717) is 11.5 Å². The minimum atomic E-state index is 0.691. The number of hydrogen-bond donors (Lipinski definition) is 0. The van der Waals surface area contributed by atoms with E-state index in [1.807, 2.05) is 24.3 Å². The summed E-state index contributed by atoms with van der Waals surface area (Å²) in [5, 5.41) is 0. The molecule has 0 amide bonds. The summed E-state index contributed by atoms with van der Waals surface area (Å²) in [5.41, 5.74) is 1.66. The summed E-state index contributed by atoms with van der Waals surface area (Å²) < 4.78 is 5.06. The first-order chi connectivity index (χ1) is 6.79. The SMILES string of the molecule is C=C1C=NC(c2ccc(OC)cc2)=N1. The zero-order chi connectivity index (χ0) is 9.97. The third kappa shape index (κ3) is 1.57. The van der Waals surface area contributed by atoms with Crippen molar-refractivity contribution in [1.82, 2.24) is 0 Å². The van der Waals surface area contributed by atoms with Crippen LogP contribution in [0.15, 0.2) is 46.5 Å². The van der Waals surface area contributed by atoms with E-state index in [-0.39, 0.29) is 0 Å². The highest BCUT2D eigenvalue weighted by atomic mass is 16.5. The van der Waals surface area contributed by atoms with E-state index in [2.05, 4.69) is 16.6 Å². The zero-order valence-corrected chi connectivity index (χ0v) is 7.90. The van der Waals surface area contributed by atoms with Gasteiger partial charge in [-0.2, -0.15) is 0 Å². The Labute approximate surface area is 82.5 Å². The molecule has 0 aliphatic carbocycles. The number of aliphatic imine (C=N–C) groups is 2. The monoisotopic (exact) mass is 186 g/mol. The molecule has 0 spiro atoms. The van der Waals surface area contributed by atoms with Crippen LogP contribution in [0.2, 0.25) is 0 Å². The molecule has 0 bridgehead atoms. The van der Waals surface area contributed by atoms with Crippen LogP contribution >= 0.6 is 0 Å². The summed E-state index contributed by atoms with van der Waals surface area (Å²) >= 11 is 0. The maximum atomic E-state index is 5.06. The fourth-order valence-corrected chi connectivity index (χ4v) is 1.21. The van der Waals surface area contributed by atoms with Gasteiger partial charge in [0.25, 0.3) is 0 Å². The molecule has 0 saturated heterocycles. The van der Waals surface area contributed by atoms with Crippen molar-refractivity contribution in [3.05, 3.63) is 42.1 Å². The largest absolute Gasteiger partial charge is 0.497 e. The first-order valence-corrected chi connectivity index (χ1v) is 4.25. The fourth-order valence-electron chi connectivity index (χ4n) is 1.21. The van der Waals surface area contributed by atoms with Crippen molar-refractivity contribution in [1.29, 1.82) is 0 Å². The van der Waals surface area contributed by atoms with Gasteiger partial charge in [-0.3, -0.25) is 0 Å². The van der Waals surface area contributed by atoms with Crippen molar-refractivity contribution in [3.63, 3.8) is 0 Å². The van der Waals surface area contributed by atoms with E-state index in [9.17, 15) is 0 Å². The highest BCUT2D eigenvalue weighted by molar-refractivity contribution is 6.10. The van der Waals surface area contributed by atoms with Gasteiger partial charge in [0.15, 0.2) is 5.84 Å². The Morgan fingerprint density at radius 1 is 1.21 bits per heavy atom. The molecule has 1 aliphatic heterocycles. The number of nitrogens with zero attached hydrogens (tertiary/aromatic N) is 2. The lowest BCUT2D eigenvalue weighted by atomic mass is 10.2. The van der Waals surface area contributed by atoms with E-state index in [4.69, 9.17) is 4.74 Å². The first-order valence-electron chi connectivity index (χ1n) is 4.25. The second-order valence-corrected chi connectivity index (χ2v) is 2.91. The Hall–Kier alpha value is -1.90. The van der Waals surface area contributed by atoms with Gasteiger partial charge in [-0.05, 0) is 24.3 Å². The number of rotatable bonds is 2. The van der Waals surface area contributed by atoms with Crippen molar-refractivity contribution < 1.29 is 4.74 Å². The van der Waals surface area contributed by atoms with Crippen LogP contribution < -0.4 is 4.74 Å². The van der Waals surface area contributed by atoms with Crippen molar-refractivity contribution in [2.24, 2.45) is 9.98 Å². The number of hydrogen-bond acceptors (Lipinski definition) is 3. The van der Waals surface area contributed by atoms with Crippen LogP contribution in [0.25, 0.3) is 0 Å². The van der Waals surface area contributed by atoms with Gasteiger partial charge in [0.2, 0.25) is 0 Å². The Balaban J connectivity index is 2.30. The van der Waals surface area contributed by atoms with Crippen LogP contribution in [0.3, 0.4) is 0 Å². The fraction of sp³-hybridized carbons (Fsp3) is 0.0909. The Bertz CT molecular complexity index is 415. The normalized spacial score (nSPS) is 14.4. The summed E-state index contributed by atoms with van der Waals surface area (Å²) in [6.45, 7) is 3.70. The van der Waals surface area contributed by atoms with E-state index in [1.165, 1.54) is 0 Å². The zero-order valence-electron chi connectivity index (χ0n) is 7.90. The summed E-state index contributed by atoms with van der Waals surface area (Å²) in [6, 6.07) is 7.62. The molecule has 1 aliphatic rings. The molecule has 0 aromatic heterocycles. The second kappa shape index (κ2) is 3.46. The molecule has 14 heavy (non-hydrogen) atoms. The average Bonchev–Trinajstić information content (AvgIpc) is 2.65. The van der Waals surface area contributed by atoms with Crippen molar-refractivity contribution in [3.8, 4) is 5.75 Å². The molecule has 0 saturated carbocycles. The lowest BCUT2D eigenvalue weighted by Crippen LogP contribution is -1.93.